The first-order valence-corrected chi connectivity index (χ1v) is 5.41. The van der Waals surface area contributed by atoms with Crippen molar-refractivity contribution in [2.75, 3.05) is 33.4 Å². The summed E-state index contributed by atoms with van der Waals surface area (Å²) in [6.07, 6.45) is 1.41. The number of ether oxygens (including phenoxy) is 1. The molecule has 96 valence electrons. The highest BCUT2D eigenvalue weighted by Gasteiger charge is 2.18. The smallest absolute Gasteiger partial charge is 0.212 e. The minimum atomic E-state index is -0.428. The third kappa shape index (κ3) is 6.28. The van der Waals surface area contributed by atoms with Crippen LogP contribution in [0.25, 0.3) is 0 Å². The van der Waals surface area contributed by atoms with Crippen LogP contribution in [-0.4, -0.2) is 49.5 Å². The lowest BCUT2D eigenvalue weighted by Gasteiger charge is -2.11. The van der Waals surface area contributed by atoms with Crippen molar-refractivity contribution in [3.05, 3.63) is 30.3 Å². The lowest BCUT2D eigenvalue weighted by Crippen LogP contribution is -2.29. The summed E-state index contributed by atoms with van der Waals surface area (Å²) in [7, 11) is 1.68. The molecule has 6 heteroatoms. The van der Waals surface area contributed by atoms with Crippen molar-refractivity contribution in [2.24, 2.45) is 5.73 Å². The van der Waals surface area contributed by atoms with E-state index in [1.165, 1.54) is 12.3 Å². The molecule has 0 amide bonds. The molecule has 0 saturated carbocycles. The SMILES string of the molecule is COCCN1C[C@@H](N)CO1.Fc1ccccn1. The van der Waals surface area contributed by atoms with E-state index >= 15 is 0 Å². The van der Waals surface area contributed by atoms with Crippen LogP contribution in [0.4, 0.5) is 4.39 Å². The number of methoxy groups -OCH3 is 1. The fraction of sp³-hybridized carbons (Fsp3) is 0.545. The van der Waals surface area contributed by atoms with E-state index in [4.69, 9.17) is 15.3 Å². The second kappa shape index (κ2) is 8.08. The van der Waals surface area contributed by atoms with Crippen molar-refractivity contribution in [1.82, 2.24) is 10.0 Å². The molecule has 2 rings (SSSR count). The number of aromatic nitrogens is 1. The van der Waals surface area contributed by atoms with Crippen molar-refractivity contribution in [2.45, 2.75) is 6.04 Å². The molecule has 0 bridgehead atoms. The molecule has 1 saturated heterocycles. The maximum Gasteiger partial charge on any atom is 0.212 e. The van der Waals surface area contributed by atoms with Gasteiger partial charge in [-0.15, -0.1) is 0 Å². The highest BCUT2D eigenvalue weighted by atomic mass is 19.1. The first-order valence-electron chi connectivity index (χ1n) is 5.41. The average molecular weight is 243 g/mol. The molecule has 5 nitrogen and oxygen atoms in total. The largest absolute Gasteiger partial charge is 0.383 e. The Morgan fingerprint density at radius 1 is 1.65 bits per heavy atom. The highest BCUT2D eigenvalue weighted by Crippen LogP contribution is 2.01. The molecule has 17 heavy (non-hydrogen) atoms. The van der Waals surface area contributed by atoms with E-state index in [2.05, 4.69) is 4.98 Å². The number of hydroxylamine groups is 2. The summed E-state index contributed by atoms with van der Waals surface area (Å²) in [5.74, 6) is -0.428. The van der Waals surface area contributed by atoms with Crippen molar-refractivity contribution in [1.29, 1.82) is 0 Å². The van der Waals surface area contributed by atoms with Crippen LogP contribution in [0.15, 0.2) is 24.4 Å². The Balaban J connectivity index is 0.000000181. The van der Waals surface area contributed by atoms with E-state index in [1.807, 2.05) is 5.06 Å². The van der Waals surface area contributed by atoms with Gasteiger partial charge in [0.15, 0.2) is 0 Å². The van der Waals surface area contributed by atoms with Crippen LogP contribution in [0.2, 0.25) is 0 Å². The van der Waals surface area contributed by atoms with Crippen molar-refractivity contribution in [3.63, 3.8) is 0 Å². The van der Waals surface area contributed by atoms with Crippen LogP contribution in [0.3, 0.4) is 0 Å². The number of rotatable bonds is 3. The van der Waals surface area contributed by atoms with Gasteiger partial charge in [-0.05, 0) is 12.1 Å². The van der Waals surface area contributed by atoms with E-state index in [9.17, 15) is 4.39 Å². The van der Waals surface area contributed by atoms with E-state index < -0.39 is 5.95 Å². The molecule has 0 spiro atoms. The minimum Gasteiger partial charge on any atom is -0.383 e. The van der Waals surface area contributed by atoms with Gasteiger partial charge in [0.25, 0.3) is 0 Å². The predicted octanol–water partition coefficient (Wildman–Crippen LogP) is 0.428. The molecule has 1 atom stereocenters. The number of hydrogen-bond acceptors (Lipinski definition) is 5. The molecule has 1 aromatic rings. The second-order valence-electron chi connectivity index (χ2n) is 3.59. The Morgan fingerprint density at radius 3 is 2.88 bits per heavy atom. The summed E-state index contributed by atoms with van der Waals surface area (Å²) in [6.45, 7) is 2.98. The molecule has 1 aliphatic heterocycles. The van der Waals surface area contributed by atoms with Gasteiger partial charge in [-0.3, -0.25) is 4.84 Å². The Morgan fingerprint density at radius 2 is 2.47 bits per heavy atom. The summed E-state index contributed by atoms with van der Waals surface area (Å²) >= 11 is 0. The summed E-state index contributed by atoms with van der Waals surface area (Å²) in [6, 6.07) is 4.75. The summed E-state index contributed by atoms with van der Waals surface area (Å²) < 4.78 is 16.7. The van der Waals surface area contributed by atoms with Crippen LogP contribution in [-0.2, 0) is 9.57 Å². The molecule has 2 N–H and O–H groups in total. The van der Waals surface area contributed by atoms with Gasteiger partial charge in [-0.1, -0.05) is 6.07 Å². The number of pyridine rings is 1. The zero-order chi connectivity index (χ0) is 12.5. The molecule has 1 fully saturated rings. The fourth-order valence-corrected chi connectivity index (χ4v) is 1.26. The number of nitrogens with two attached hydrogens (primary N) is 1. The normalized spacial score (nSPS) is 19.8. The quantitative estimate of drug-likeness (QED) is 0.780. The van der Waals surface area contributed by atoms with Gasteiger partial charge in [0.2, 0.25) is 5.95 Å². The van der Waals surface area contributed by atoms with Crippen molar-refractivity contribution >= 4 is 0 Å². The predicted molar refractivity (Wildman–Crippen MR) is 61.6 cm³/mol. The molecule has 0 radical (unpaired) electrons. The fourth-order valence-electron chi connectivity index (χ4n) is 1.26. The standard InChI is InChI=1S/C6H14N2O2.C5H4FN/c1-9-3-2-8-4-6(7)5-10-8;6-5-3-1-2-4-7-5/h6H,2-5,7H2,1H3;1-4H/t6-;/m1./s1. The number of halogens is 1. The summed E-state index contributed by atoms with van der Waals surface area (Å²) in [5, 5.41) is 1.84. The van der Waals surface area contributed by atoms with Crippen LogP contribution >= 0.6 is 0 Å². The van der Waals surface area contributed by atoms with Crippen molar-refractivity contribution < 1.29 is 14.0 Å². The lowest BCUT2D eigenvalue weighted by atomic mass is 10.3. The van der Waals surface area contributed by atoms with Crippen LogP contribution in [0, 0.1) is 5.95 Å². The minimum absolute atomic E-state index is 0.178. The molecule has 0 unspecified atom stereocenters. The second-order valence-corrected chi connectivity index (χ2v) is 3.59. The third-order valence-corrected chi connectivity index (χ3v) is 2.08. The highest BCUT2D eigenvalue weighted by molar-refractivity contribution is 4.90. The van der Waals surface area contributed by atoms with E-state index in [0.29, 0.717) is 13.2 Å². The Kier molecular flexibility index (Phi) is 6.64. The molecular formula is C11H18FN3O2. The first kappa shape index (κ1) is 14.0. The molecule has 1 aliphatic rings. The number of hydrogen-bond donors (Lipinski definition) is 1. The van der Waals surface area contributed by atoms with E-state index in [1.54, 1.807) is 19.2 Å². The van der Waals surface area contributed by atoms with Crippen LogP contribution in [0.5, 0.6) is 0 Å². The zero-order valence-electron chi connectivity index (χ0n) is 9.88. The van der Waals surface area contributed by atoms with Gasteiger partial charge in [-0.2, -0.15) is 9.45 Å². The van der Waals surface area contributed by atoms with Gasteiger partial charge >= 0.3 is 0 Å². The van der Waals surface area contributed by atoms with Gasteiger partial charge in [0, 0.05) is 32.4 Å². The molecule has 1 aromatic heterocycles. The molecule has 0 aromatic carbocycles. The van der Waals surface area contributed by atoms with Gasteiger partial charge in [0.1, 0.15) is 0 Å². The Labute approximate surface area is 100 Å². The van der Waals surface area contributed by atoms with Crippen LogP contribution in [0.1, 0.15) is 0 Å². The van der Waals surface area contributed by atoms with Crippen LogP contribution < -0.4 is 5.73 Å². The first-order chi connectivity index (χ1) is 8.22. The maximum absolute atomic E-state index is 11.8. The monoisotopic (exact) mass is 243 g/mol. The Bertz CT molecular complexity index is 300. The lowest BCUT2D eigenvalue weighted by molar-refractivity contribution is -0.118. The third-order valence-electron chi connectivity index (χ3n) is 2.08. The molecule has 0 aliphatic carbocycles. The summed E-state index contributed by atoms with van der Waals surface area (Å²) in [4.78, 5) is 8.51. The summed E-state index contributed by atoms with van der Waals surface area (Å²) in [5.41, 5.74) is 5.59. The van der Waals surface area contributed by atoms with Gasteiger partial charge in [0.05, 0.1) is 13.2 Å². The zero-order valence-corrected chi connectivity index (χ0v) is 9.88. The van der Waals surface area contributed by atoms with E-state index in [-0.39, 0.29) is 6.04 Å². The Hall–Kier alpha value is -1.08. The maximum atomic E-state index is 11.8. The number of nitrogens with zero attached hydrogens (tertiary/aromatic N) is 2. The van der Waals surface area contributed by atoms with Gasteiger partial charge < -0.3 is 10.5 Å². The van der Waals surface area contributed by atoms with E-state index in [0.717, 1.165) is 13.1 Å². The molecule has 2 heterocycles. The average Bonchev–Trinajstić information content (AvgIpc) is 2.74. The van der Waals surface area contributed by atoms with Crippen molar-refractivity contribution in [3.8, 4) is 0 Å². The molecular weight excluding hydrogens is 225 g/mol. The van der Waals surface area contributed by atoms with Gasteiger partial charge in [-0.25, -0.2) is 4.98 Å². The topological polar surface area (TPSA) is 60.6 Å².